The molecule has 0 unspecified atom stereocenters. The van der Waals surface area contributed by atoms with Gasteiger partial charge in [0.25, 0.3) is 0 Å². The molecule has 3 heterocycles. The van der Waals surface area contributed by atoms with Crippen LogP contribution in [0.4, 0.5) is 0 Å². The molecule has 126 valence electrons. The van der Waals surface area contributed by atoms with Crippen molar-refractivity contribution < 1.29 is 8.83 Å². The third kappa shape index (κ3) is 3.21. The molecule has 4 rings (SSSR count). The predicted octanol–water partition coefficient (Wildman–Crippen LogP) is 5.18. The Morgan fingerprint density at radius 1 is 1.23 bits per heavy atom. The van der Waals surface area contributed by atoms with Gasteiger partial charge in [0.1, 0.15) is 22.4 Å². The second kappa shape index (κ2) is 6.90. The maximum atomic E-state index is 12.3. The van der Waals surface area contributed by atoms with E-state index in [0.717, 1.165) is 9.15 Å². The van der Waals surface area contributed by atoms with Crippen LogP contribution in [0.25, 0.3) is 33.9 Å². The molecule has 0 spiro atoms. The highest BCUT2D eigenvalue weighted by molar-refractivity contribution is 14.1. The molecule has 26 heavy (non-hydrogen) atoms. The second-order valence-corrected chi connectivity index (χ2v) is 7.26. The summed E-state index contributed by atoms with van der Waals surface area (Å²) in [6, 6.07) is 14.8. The van der Waals surface area contributed by atoms with Gasteiger partial charge in [0.05, 0.1) is 16.8 Å². The first-order chi connectivity index (χ1) is 12.6. The molecule has 1 aromatic carbocycles. The Balaban J connectivity index is 1.76. The summed E-state index contributed by atoms with van der Waals surface area (Å²) in [6.45, 7) is 0. The minimum atomic E-state index is -0.455. The molecule has 4 aromatic rings. The van der Waals surface area contributed by atoms with Crippen molar-refractivity contribution >= 4 is 56.5 Å². The van der Waals surface area contributed by atoms with Crippen LogP contribution in [-0.4, -0.2) is 4.98 Å². The van der Waals surface area contributed by atoms with E-state index in [4.69, 9.17) is 8.83 Å². The zero-order chi connectivity index (χ0) is 18.1. The summed E-state index contributed by atoms with van der Waals surface area (Å²) in [4.78, 5) is 16.7. The number of nitrogens with zero attached hydrogens (tertiary/aromatic N) is 2. The number of thiazole rings is 1. The van der Waals surface area contributed by atoms with Crippen LogP contribution in [0.5, 0.6) is 0 Å². The van der Waals surface area contributed by atoms with Crippen molar-refractivity contribution in [3.05, 3.63) is 72.8 Å². The molecule has 0 fully saturated rings. The lowest BCUT2D eigenvalue weighted by molar-refractivity contribution is 0.528. The number of allylic oxidation sites excluding steroid dienone is 1. The molecule has 0 bridgehead atoms. The highest BCUT2D eigenvalue weighted by Crippen LogP contribution is 2.27. The normalized spacial score (nSPS) is 11.6. The van der Waals surface area contributed by atoms with E-state index in [0.29, 0.717) is 33.2 Å². The topological polar surface area (TPSA) is 80.0 Å². The smallest absolute Gasteiger partial charge is 0.345 e. The summed E-state index contributed by atoms with van der Waals surface area (Å²) in [6.07, 6.45) is 1.63. The van der Waals surface area contributed by atoms with Crippen LogP contribution >= 0.6 is 33.9 Å². The Morgan fingerprint density at radius 3 is 2.85 bits per heavy atom. The fourth-order valence-electron chi connectivity index (χ4n) is 2.45. The standard InChI is InChI=1S/C19H9IN2O3S/c20-17-6-5-13(24-17)7-12(9-21)18-22-15(10-26-18)14-8-11-3-1-2-4-16(11)25-19(14)23/h1-8,10H. The fourth-order valence-corrected chi connectivity index (χ4v) is 3.67. The van der Waals surface area contributed by atoms with E-state index in [1.807, 2.05) is 24.3 Å². The van der Waals surface area contributed by atoms with E-state index < -0.39 is 5.63 Å². The molecule has 0 N–H and O–H groups in total. The molecule has 0 aliphatic carbocycles. The predicted molar refractivity (Wildman–Crippen MR) is 109 cm³/mol. The Morgan fingerprint density at radius 2 is 2.08 bits per heavy atom. The van der Waals surface area contributed by atoms with E-state index in [1.54, 1.807) is 29.7 Å². The Hall–Kier alpha value is -2.70. The molecule has 0 saturated carbocycles. The maximum absolute atomic E-state index is 12.3. The summed E-state index contributed by atoms with van der Waals surface area (Å²) >= 11 is 3.35. The number of fused-ring (bicyclic) bond motifs is 1. The largest absolute Gasteiger partial charge is 0.451 e. The fraction of sp³-hybridized carbons (Fsp3) is 0. The highest BCUT2D eigenvalue weighted by atomic mass is 127. The Bertz CT molecular complexity index is 1240. The van der Waals surface area contributed by atoms with Crippen LogP contribution in [0.15, 0.2) is 61.5 Å². The average molecular weight is 472 g/mol. The van der Waals surface area contributed by atoms with Crippen molar-refractivity contribution in [2.75, 3.05) is 0 Å². The number of hydrogen-bond donors (Lipinski definition) is 0. The number of hydrogen-bond acceptors (Lipinski definition) is 6. The van der Waals surface area contributed by atoms with Gasteiger partial charge in [0.2, 0.25) is 0 Å². The van der Waals surface area contributed by atoms with Crippen molar-refractivity contribution in [1.82, 2.24) is 4.98 Å². The third-order valence-corrected chi connectivity index (χ3v) is 5.11. The van der Waals surface area contributed by atoms with E-state index in [9.17, 15) is 10.1 Å². The monoisotopic (exact) mass is 472 g/mol. The van der Waals surface area contributed by atoms with E-state index >= 15 is 0 Å². The Kier molecular flexibility index (Phi) is 4.44. The highest BCUT2D eigenvalue weighted by Gasteiger charge is 2.14. The lowest BCUT2D eigenvalue weighted by Gasteiger charge is -1.99. The number of furan rings is 1. The van der Waals surface area contributed by atoms with Crippen LogP contribution in [-0.2, 0) is 0 Å². The van der Waals surface area contributed by atoms with Gasteiger partial charge in [0, 0.05) is 16.8 Å². The Labute approximate surface area is 165 Å². The van der Waals surface area contributed by atoms with Crippen LogP contribution in [0.3, 0.4) is 0 Å². The lowest BCUT2D eigenvalue weighted by Crippen LogP contribution is -2.02. The van der Waals surface area contributed by atoms with E-state index in [-0.39, 0.29) is 0 Å². The summed E-state index contributed by atoms with van der Waals surface area (Å²) in [5.41, 5.74) is 1.30. The molecule has 7 heteroatoms. The lowest BCUT2D eigenvalue weighted by atomic mass is 10.1. The third-order valence-electron chi connectivity index (χ3n) is 3.65. The van der Waals surface area contributed by atoms with Gasteiger partial charge in [-0.1, -0.05) is 18.2 Å². The summed E-state index contributed by atoms with van der Waals surface area (Å²) in [5, 5.41) is 12.5. The molecule has 0 amide bonds. The van der Waals surface area contributed by atoms with Crippen molar-refractivity contribution in [1.29, 1.82) is 5.26 Å². The van der Waals surface area contributed by atoms with E-state index in [1.165, 1.54) is 11.3 Å². The molecule has 0 atom stereocenters. The first kappa shape index (κ1) is 16.8. The molecule has 0 saturated heterocycles. The molecule has 3 aromatic heterocycles. The number of nitriles is 1. The van der Waals surface area contributed by atoms with Crippen LogP contribution in [0.1, 0.15) is 10.8 Å². The average Bonchev–Trinajstić information content (AvgIpc) is 3.28. The summed E-state index contributed by atoms with van der Waals surface area (Å²) in [7, 11) is 0. The summed E-state index contributed by atoms with van der Waals surface area (Å²) in [5.74, 6) is 0.577. The number of aromatic nitrogens is 1. The van der Waals surface area contributed by atoms with Gasteiger partial charge < -0.3 is 8.83 Å². The van der Waals surface area contributed by atoms with Gasteiger partial charge >= 0.3 is 5.63 Å². The van der Waals surface area contributed by atoms with Gasteiger partial charge in [-0.15, -0.1) is 11.3 Å². The maximum Gasteiger partial charge on any atom is 0.345 e. The molecule has 0 radical (unpaired) electrons. The van der Waals surface area contributed by atoms with Crippen molar-refractivity contribution in [3.8, 4) is 17.3 Å². The van der Waals surface area contributed by atoms with Gasteiger partial charge in [-0.3, -0.25) is 0 Å². The number of halogens is 1. The van der Waals surface area contributed by atoms with Crippen molar-refractivity contribution in [2.24, 2.45) is 0 Å². The van der Waals surface area contributed by atoms with Crippen LogP contribution in [0.2, 0.25) is 0 Å². The summed E-state index contributed by atoms with van der Waals surface area (Å²) < 4.78 is 11.6. The van der Waals surface area contributed by atoms with Gasteiger partial charge in [0.15, 0.2) is 3.77 Å². The second-order valence-electron chi connectivity index (χ2n) is 5.33. The molecular formula is C19H9IN2O3S. The zero-order valence-corrected chi connectivity index (χ0v) is 16.1. The molecule has 0 aliphatic heterocycles. The number of rotatable bonds is 3. The minimum Gasteiger partial charge on any atom is -0.451 e. The zero-order valence-electron chi connectivity index (χ0n) is 13.1. The first-order valence-electron chi connectivity index (χ1n) is 7.50. The van der Waals surface area contributed by atoms with Crippen molar-refractivity contribution in [2.45, 2.75) is 0 Å². The molecule has 5 nitrogen and oxygen atoms in total. The van der Waals surface area contributed by atoms with Crippen molar-refractivity contribution in [3.63, 3.8) is 0 Å². The molecule has 0 aliphatic rings. The SMILES string of the molecule is N#CC(=Cc1ccc(I)o1)c1nc(-c2cc3ccccc3oc2=O)cs1. The number of para-hydroxylation sites is 1. The quantitative estimate of drug-likeness (QED) is 0.233. The van der Waals surface area contributed by atoms with Gasteiger partial charge in [-0.25, -0.2) is 9.78 Å². The van der Waals surface area contributed by atoms with Crippen LogP contribution in [0, 0.1) is 15.1 Å². The first-order valence-corrected chi connectivity index (χ1v) is 9.46. The van der Waals surface area contributed by atoms with Gasteiger partial charge in [-0.05, 0) is 46.9 Å². The van der Waals surface area contributed by atoms with Crippen LogP contribution < -0.4 is 5.63 Å². The van der Waals surface area contributed by atoms with Gasteiger partial charge in [-0.2, -0.15) is 5.26 Å². The van der Waals surface area contributed by atoms with E-state index in [2.05, 4.69) is 33.6 Å². The number of benzene rings is 1. The minimum absolute atomic E-state index is 0.371. The molecular weight excluding hydrogens is 463 g/mol.